The van der Waals surface area contributed by atoms with Gasteiger partial charge < -0.3 is 10.2 Å². The van der Waals surface area contributed by atoms with Crippen molar-refractivity contribution < 1.29 is 9.59 Å². The lowest BCUT2D eigenvalue weighted by atomic mass is 9.70. The van der Waals surface area contributed by atoms with Gasteiger partial charge in [0.25, 0.3) is 0 Å². The molecule has 0 aromatic heterocycles. The molecule has 20 heavy (non-hydrogen) atoms. The molecule has 0 heterocycles. The van der Waals surface area contributed by atoms with Crippen molar-refractivity contribution in [2.24, 2.45) is 17.3 Å². The van der Waals surface area contributed by atoms with E-state index < -0.39 is 0 Å². The number of amides is 1. The number of nitrogens with zero attached hydrogens (tertiary/aromatic N) is 1. The van der Waals surface area contributed by atoms with Crippen LogP contribution < -0.4 is 5.32 Å². The van der Waals surface area contributed by atoms with Gasteiger partial charge >= 0.3 is 0 Å². The van der Waals surface area contributed by atoms with Crippen LogP contribution in [0.4, 0.5) is 0 Å². The zero-order valence-corrected chi connectivity index (χ0v) is 13.7. The zero-order chi connectivity index (χ0) is 15.3. The lowest BCUT2D eigenvalue weighted by molar-refractivity contribution is -0.139. The average Bonchev–Trinajstić information content (AvgIpc) is 2.36. The van der Waals surface area contributed by atoms with Gasteiger partial charge in [-0.25, -0.2) is 0 Å². The predicted molar refractivity (Wildman–Crippen MR) is 81.5 cm³/mol. The van der Waals surface area contributed by atoms with E-state index in [1.807, 2.05) is 39.8 Å². The van der Waals surface area contributed by atoms with Crippen molar-refractivity contribution >= 4 is 11.7 Å². The van der Waals surface area contributed by atoms with Crippen LogP contribution in [0.3, 0.4) is 0 Å². The lowest BCUT2D eigenvalue weighted by Gasteiger charge is -2.33. The summed E-state index contributed by atoms with van der Waals surface area (Å²) < 4.78 is 0. The first kappa shape index (κ1) is 17.2. The largest absolute Gasteiger partial charge is 0.355 e. The molecule has 1 fully saturated rings. The fraction of sp³-hybridized carbons (Fsp3) is 0.875. The van der Waals surface area contributed by atoms with Gasteiger partial charge in [-0.15, -0.1) is 0 Å². The molecular weight excluding hydrogens is 252 g/mol. The van der Waals surface area contributed by atoms with E-state index in [2.05, 4.69) is 5.32 Å². The van der Waals surface area contributed by atoms with E-state index in [-0.39, 0.29) is 28.9 Å². The molecule has 1 aliphatic rings. The predicted octanol–water partition coefficient (Wildman–Crippen LogP) is 2.09. The van der Waals surface area contributed by atoms with Crippen LogP contribution >= 0.6 is 0 Å². The van der Waals surface area contributed by atoms with Gasteiger partial charge in [0.1, 0.15) is 5.78 Å². The molecule has 1 unspecified atom stereocenters. The van der Waals surface area contributed by atoms with Crippen LogP contribution in [0.5, 0.6) is 0 Å². The number of nitrogens with one attached hydrogen (secondary N) is 1. The van der Waals surface area contributed by atoms with Crippen molar-refractivity contribution in [3.63, 3.8) is 0 Å². The normalized spacial score (nSPS) is 23.7. The van der Waals surface area contributed by atoms with Gasteiger partial charge in [-0.1, -0.05) is 33.6 Å². The minimum atomic E-state index is -0.357. The molecule has 0 aromatic carbocycles. The first-order chi connectivity index (χ1) is 9.23. The Labute approximate surface area is 123 Å². The number of hydrogen-bond acceptors (Lipinski definition) is 3. The second-order valence-electron chi connectivity index (χ2n) is 7.21. The molecule has 1 amide bonds. The summed E-state index contributed by atoms with van der Waals surface area (Å²) in [6, 6.07) is 0. The molecule has 4 nitrogen and oxygen atoms in total. The molecule has 0 bridgehead atoms. The highest BCUT2D eigenvalue weighted by Gasteiger charge is 2.39. The van der Waals surface area contributed by atoms with Gasteiger partial charge in [0.15, 0.2) is 0 Å². The van der Waals surface area contributed by atoms with Crippen molar-refractivity contribution in [1.29, 1.82) is 0 Å². The van der Waals surface area contributed by atoms with Gasteiger partial charge in [0.05, 0.1) is 0 Å². The van der Waals surface area contributed by atoms with E-state index in [1.54, 1.807) is 0 Å². The number of carbonyl (C=O) groups is 2. The van der Waals surface area contributed by atoms with Crippen LogP contribution in [0.25, 0.3) is 0 Å². The molecule has 0 saturated heterocycles. The fourth-order valence-corrected chi connectivity index (χ4v) is 2.85. The highest BCUT2D eigenvalue weighted by molar-refractivity contribution is 5.91. The van der Waals surface area contributed by atoms with E-state index in [0.29, 0.717) is 6.54 Å². The molecule has 4 heteroatoms. The summed E-state index contributed by atoms with van der Waals surface area (Å²) in [6.45, 7) is 7.33. The zero-order valence-electron chi connectivity index (χ0n) is 13.7. The maximum absolute atomic E-state index is 12.5. The third-order valence-corrected chi connectivity index (χ3v) is 4.04. The summed E-state index contributed by atoms with van der Waals surface area (Å²) >= 11 is 0. The van der Waals surface area contributed by atoms with Crippen LogP contribution in [-0.2, 0) is 9.59 Å². The minimum absolute atomic E-state index is 0.0640. The van der Waals surface area contributed by atoms with Crippen molar-refractivity contribution in [2.45, 2.75) is 46.5 Å². The first-order valence-corrected chi connectivity index (χ1v) is 7.70. The highest BCUT2D eigenvalue weighted by Crippen LogP contribution is 2.35. The topological polar surface area (TPSA) is 49.4 Å². The second kappa shape index (κ2) is 7.21. The van der Waals surface area contributed by atoms with E-state index in [9.17, 15) is 9.59 Å². The molecule has 1 saturated carbocycles. The van der Waals surface area contributed by atoms with Gasteiger partial charge in [-0.05, 0) is 26.9 Å². The van der Waals surface area contributed by atoms with Gasteiger partial charge in [0, 0.05) is 30.3 Å². The molecule has 2 atom stereocenters. The van der Waals surface area contributed by atoms with E-state index >= 15 is 0 Å². The van der Waals surface area contributed by atoms with Crippen molar-refractivity contribution in [3.05, 3.63) is 0 Å². The Morgan fingerprint density at radius 3 is 2.15 bits per heavy atom. The summed E-state index contributed by atoms with van der Waals surface area (Å²) in [5.74, 6) is 0.0832. The summed E-state index contributed by atoms with van der Waals surface area (Å²) in [7, 11) is 3.97. The lowest BCUT2D eigenvalue weighted by Crippen LogP contribution is -2.44. The van der Waals surface area contributed by atoms with Gasteiger partial charge in [-0.2, -0.15) is 0 Å². The van der Waals surface area contributed by atoms with Crippen LogP contribution in [0.2, 0.25) is 0 Å². The molecule has 0 spiro atoms. The van der Waals surface area contributed by atoms with E-state index in [1.165, 1.54) is 0 Å². The molecular formula is C16H30N2O2. The number of rotatable bonds is 5. The third-order valence-electron chi connectivity index (χ3n) is 4.04. The van der Waals surface area contributed by atoms with E-state index in [0.717, 1.165) is 32.2 Å². The summed E-state index contributed by atoms with van der Waals surface area (Å²) in [5, 5.41) is 2.99. The van der Waals surface area contributed by atoms with Gasteiger partial charge in [0.2, 0.25) is 5.91 Å². The molecule has 1 N–H and O–H groups in total. The number of ketones is 1. The van der Waals surface area contributed by atoms with Crippen molar-refractivity contribution in [1.82, 2.24) is 10.2 Å². The van der Waals surface area contributed by atoms with Crippen LogP contribution in [0, 0.1) is 17.3 Å². The molecule has 1 aliphatic carbocycles. The Morgan fingerprint density at radius 2 is 1.65 bits per heavy atom. The second-order valence-corrected chi connectivity index (χ2v) is 7.21. The van der Waals surface area contributed by atoms with Crippen molar-refractivity contribution in [3.8, 4) is 0 Å². The van der Waals surface area contributed by atoms with E-state index in [4.69, 9.17) is 0 Å². The Morgan fingerprint density at radius 1 is 1.10 bits per heavy atom. The molecule has 116 valence electrons. The SMILES string of the molecule is CN(C)CCNC(=O)C1CCCC[C@H]1C(=O)C(C)(C)C. The molecule has 0 radical (unpaired) electrons. The minimum Gasteiger partial charge on any atom is -0.355 e. The number of hydrogen-bond donors (Lipinski definition) is 1. The summed E-state index contributed by atoms with van der Waals surface area (Å²) in [5.41, 5.74) is -0.357. The molecule has 0 aliphatic heterocycles. The fourth-order valence-electron chi connectivity index (χ4n) is 2.85. The van der Waals surface area contributed by atoms with Crippen LogP contribution in [-0.4, -0.2) is 43.8 Å². The average molecular weight is 282 g/mol. The third kappa shape index (κ3) is 4.89. The first-order valence-electron chi connectivity index (χ1n) is 7.70. The Kier molecular flexibility index (Phi) is 6.18. The van der Waals surface area contributed by atoms with Crippen LogP contribution in [0.1, 0.15) is 46.5 Å². The molecule has 0 aromatic rings. The van der Waals surface area contributed by atoms with Crippen molar-refractivity contribution in [2.75, 3.05) is 27.2 Å². The summed E-state index contributed by atoms with van der Waals surface area (Å²) in [6.07, 6.45) is 3.83. The Balaban J connectivity index is 2.64. The Hall–Kier alpha value is -0.900. The number of Topliss-reactive ketones (excluding diaryl/α,β-unsaturated/α-hetero) is 1. The maximum atomic E-state index is 12.5. The summed E-state index contributed by atoms with van der Waals surface area (Å²) in [4.78, 5) is 26.9. The quantitative estimate of drug-likeness (QED) is 0.840. The smallest absolute Gasteiger partial charge is 0.223 e. The Bertz CT molecular complexity index is 345. The molecule has 1 rings (SSSR count). The van der Waals surface area contributed by atoms with Crippen LogP contribution in [0.15, 0.2) is 0 Å². The maximum Gasteiger partial charge on any atom is 0.223 e. The number of carbonyl (C=O) groups excluding carboxylic acids is 2. The highest BCUT2D eigenvalue weighted by atomic mass is 16.2. The number of likely N-dealkylation sites (N-methyl/N-ethyl adjacent to an activating group) is 1. The standard InChI is InChI=1S/C16H30N2O2/c1-16(2,3)14(19)12-8-6-7-9-13(12)15(20)17-10-11-18(4)5/h12-13H,6-11H2,1-5H3,(H,17,20)/t12-,13?/m1/s1. The van der Waals surface area contributed by atoms with Gasteiger partial charge in [-0.3, -0.25) is 9.59 Å². The monoisotopic (exact) mass is 282 g/mol.